The molecule has 0 spiro atoms. The zero-order valence-electron chi connectivity index (χ0n) is 24.9. The molecule has 0 aliphatic heterocycles. The fourth-order valence-electron chi connectivity index (χ4n) is 6.78. The first-order chi connectivity index (χ1) is 23.3. The van der Waals surface area contributed by atoms with E-state index in [9.17, 15) is 10.5 Å². The van der Waals surface area contributed by atoms with E-state index in [-0.39, 0.29) is 11.4 Å². The third-order valence-corrected chi connectivity index (χ3v) is 8.78. The van der Waals surface area contributed by atoms with Crippen LogP contribution in [0.1, 0.15) is 16.7 Å². The summed E-state index contributed by atoms with van der Waals surface area (Å²) in [6.45, 7) is 7.65. The summed E-state index contributed by atoms with van der Waals surface area (Å²) in [5.41, 5.74) is 2.84. The maximum absolute atomic E-state index is 15.9. The van der Waals surface area contributed by atoms with Gasteiger partial charge in [0.25, 0.3) is 0 Å². The van der Waals surface area contributed by atoms with Gasteiger partial charge in [-0.3, -0.25) is 0 Å². The second-order valence-corrected chi connectivity index (χ2v) is 11.4. The molecule has 0 saturated carbocycles. The van der Waals surface area contributed by atoms with Crippen LogP contribution in [-0.2, 0) is 6.18 Å². The second-order valence-electron chi connectivity index (χ2n) is 11.4. The van der Waals surface area contributed by atoms with Crippen molar-refractivity contribution in [3.05, 3.63) is 149 Å². The van der Waals surface area contributed by atoms with Crippen LogP contribution in [-0.4, -0.2) is 9.13 Å². The number of benzene rings is 6. The highest BCUT2D eigenvalue weighted by Crippen LogP contribution is 2.46. The molecule has 48 heavy (non-hydrogen) atoms. The van der Waals surface area contributed by atoms with Crippen molar-refractivity contribution in [3.63, 3.8) is 0 Å². The van der Waals surface area contributed by atoms with Gasteiger partial charge in [-0.15, -0.1) is 0 Å². The molecule has 0 amide bonds. The summed E-state index contributed by atoms with van der Waals surface area (Å²) < 4.78 is 50.8. The van der Waals surface area contributed by atoms with Crippen molar-refractivity contribution in [2.45, 2.75) is 6.18 Å². The SMILES string of the molecule is [C-]#[N+]c1ccc2c3ccccc3n(-c3cc(-c4cccc(C#N)c4)cc(-n4c5ccccc5c5ccc(C#N)cc54)c3C(F)(F)F)c2c1. The first-order valence-electron chi connectivity index (χ1n) is 14.9. The van der Waals surface area contributed by atoms with Gasteiger partial charge in [-0.05, 0) is 65.7 Å². The van der Waals surface area contributed by atoms with Gasteiger partial charge >= 0.3 is 6.18 Å². The Hall–Kier alpha value is -6.82. The molecule has 0 aliphatic rings. The molecule has 0 radical (unpaired) electrons. The number of nitrogens with zero attached hydrogens (tertiary/aromatic N) is 5. The molecule has 0 saturated heterocycles. The minimum atomic E-state index is -4.85. The van der Waals surface area contributed by atoms with E-state index in [4.69, 9.17) is 6.57 Å². The quantitative estimate of drug-likeness (QED) is 0.183. The Morgan fingerprint density at radius 2 is 1.08 bits per heavy atom. The van der Waals surface area contributed by atoms with E-state index in [1.807, 2.05) is 24.3 Å². The average molecular weight is 628 g/mol. The van der Waals surface area contributed by atoms with Crippen molar-refractivity contribution in [1.29, 1.82) is 10.5 Å². The number of aromatic nitrogens is 2. The zero-order chi connectivity index (χ0) is 33.2. The van der Waals surface area contributed by atoms with Gasteiger partial charge in [0, 0.05) is 27.1 Å². The van der Waals surface area contributed by atoms with Crippen LogP contribution in [0.3, 0.4) is 0 Å². The van der Waals surface area contributed by atoms with Gasteiger partial charge in [-0.25, -0.2) is 4.85 Å². The molecule has 8 heteroatoms. The predicted molar refractivity (Wildman–Crippen MR) is 181 cm³/mol. The molecule has 6 aromatic carbocycles. The zero-order valence-corrected chi connectivity index (χ0v) is 24.9. The topological polar surface area (TPSA) is 61.8 Å². The number of para-hydroxylation sites is 2. The third-order valence-electron chi connectivity index (χ3n) is 8.78. The van der Waals surface area contributed by atoms with Gasteiger partial charge in [0.2, 0.25) is 0 Å². The minimum absolute atomic E-state index is 0.131. The minimum Gasteiger partial charge on any atom is -0.310 e. The van der Waals surface area contributed by atoms with E-state index in [1.165, 1.54) is 12.1 Å². The summed E-state index contributed by atoms with van der Waals surface area (Å²) in [6, 6.07) is 38.6. The van der Waals surface area contributed by atoms with Crippen molar-refractivity contribution in [2.24, 2.45) is 0 Å². The Balaban J connectivity index is 1.62. The van der Waals surface area contributed by atoms with Gasteiger partial charge < -0.3 is 9.13 Å². The molecule has 0 unspecified atom stereocenters. The van der Waals surface area contributed by atoms with Crippen LogP contribution in [0.4, 0.5) is 18.9 Å². The first kappa shape index (κ1) is 28.6. The Labute approximate surface area is 272 Å². The number of fused-ring (bicyclic) bond motifs is 6. The number of rotatable bonds is 3. The molecule has 0 fully saturated rings. The number of alkyl halides is 3. The highest BCUT2D eigenvalue weighted by Gasteiger charge is 2.39. The largest absolute Gasteiger partial charge is 0.420 e. The predicted octanol–water partition coefficient (Wildman–Crippen LogP) is 10.9. The smallest absolute Gasteiger partial charge is 0.310 e. The van der Waals surface area contributed by atoms with Crippen LogP contribution in [0.15, 0.2) is 121 Å². The first-order valence-corrected chi connectivity index (χ1v) is 14.9. The molecule has 0 N–H and O–H groups in total. The van der Waals surface area contributed by atoms with Crippen LogP contribution in [0.2, 0.25) is 0 Å². The summed E-state index contributed by atoms with van der Waals surface area (Å²) in [7, 11) is 0. The highest BCUT2D eigenvalue weighted by atomic mass is 19.4. The van der Waals surface area contributed by atoms with E-state index in [0.717, 1.165) is 10.8 Å². The average Bonchev–Trinajstić information content (AvgIpc) is 3.62. The van der Waals surface area contributed by atoms with Crippen LogP contribution >= 0.6 is 0 Å². The van der Waals surface area contributed by atoms with Crippen LogP contribution in [0.5, 0.6) is 0 Å². The lowest BCUT2D eigenvalue weighted by Crippen LogP contribution is -2.16. The Kier molecular flexibility index (Phi) is 6.34. The molecule has 0 bridgehead atoms. The van der Waals surface area contributed by atoms with E-state index in [2.05, 4.69) is 17.0 Å². The maximum Gasteiger partial charge on any atom is 0.420 e. The Bertz CT molecular complexity index is 2610. The van der Waals surface area contributed by atoms with Gasteiger partial charge in [-0.1, -0.05) is 66.7 Å². The van der Waals surface area contributed by atoms with Gasteiger partial charge in [-0.2, -0.15) is 23.7 Å². The molecule has 2 aromatic heterocycles. The maximum atomic E-state index is 15.9. The van der Waals surface area contributed by atoms with E-state index < -0.39 is 11.7 Å². The second kappa shape index (κ2) is 10.6. The van der Waals surface area contributed by atoms with Crippen molar-refractivity contribution < 1.29 is 13.2 Å². The van der Waals surface area contributed by atoms with Gasteiger partial charge in [0.15, 0.2) is 5.69 Å². The molecule has 5 nitrogen and oxygen atoms in total. The fraction of sp³-hybridized carbons (Fsp3) is 0.0250. The van der Waals surface area contributed by atoms with E-state index in [1.54, 1.807) is 94.1 Å². The number of halogens is 3. The lowest BCUT2D eigenvalue weighted by Gasteiger charge is -2.23. The van der Waals surface area contributed by atoms with Crippen molar-refractivity contribution in [1.82, 2.24) is 9.13 Å². The molecule has 226 valence electrons. The van der Waals surface area contributed by atoms with Crippen molar-refractivity contribution >= 4 is 49.3 Å². The summed E-state index contributed by atoms with van der Waals surface area (Å²) in [5, 5.41) is 22.4. The normalized spacial score (nSPS) is 11.6. The standard InChI is InChI=1S/C40H20F3N5/c1-46-28-14-16-32-30-10-3-5-12-34(30)48(36(32)21-28)38-20-27(26-8-6-7-24(17-26)22-44)19-37(39(38)40(41,42)43)47-33-11-4-2-9-29(33)31-15-13-25(23-45)18-35(31)47/h2-21H. The molecular weight excluding hydrogens is 607 g/mol. The van der Waals surface area contributed by atoms with Crippen LogP contribution < -0.4 is 0 Å². The monoisotopic (exact) mass is 627 g/mol. The molecule has 8 rings (SSSR count). The van der Waals surface area contributed by atoms with Crippen LogP contribution in [0, 0.1) is 29.2 Å². The van der Waals surface area contributed by atoms with E-state index in [0.29, 0.717) is 60.8 Å². The van der Waals surface area contributed by atoms with Crippen molar-refractivity contribution in [3.8, 4) is 34.6 Å². The Morgan fingerprint density at radius 1 is 0.542 bits per heavy atom. The molecule has 8 aromatic rings. The van der Waals surface area contributed by atoms with Gasteiger partial charge in [0.1, 0.15) is 5.56 Å². The summed E-state index contributed by atoms with van der Waals surface area (Å²) in [6.07, 6.45) is -4.85. The molecule has 2 heterocycles. The molecule has 0 atom stereocenters. The summed E-state index contributed by atoms with van der Waals surface area (Å²) >= 11 is 0. The molecule has 0 aliphatic carbocycles. The highest BCUT2D eigenvalue weighted by molar-refractivity contribution is 6.11. The summed E-state index contributed by atoms with van der Waals surface area (Å²) in [5.74, 6) is 0. The number of hydrogen-bond acceptors (Lipinski definition) is 2. The molecular formula is C40H20F3N5. The summed E-state index contributed by atoms with van der Waals surface area (Å²) in [4.78, 5) is 3.58. The van der Waals surface area contributed by atoms with Crippen molar-refractivity contribution in [2.75, 3.05) is 0 Å². The Morgan fingerprint density at radius 3 is 1.67 bits per heavy atom. The number of hydrogen-bond donors (Lipinski definition) is 0. The lowest BCUT2D eigenvalue weighted by atomic mass is 9.98. The third kappa shape index (κ3) is 4.31. The number of nitriles is 2. The van der Waals surface area contributed by atoms with E-state index >= 15 is 13.2 Å². The lowest BCUT2D eigenvalue weighted by molar-refractivity contribution is -0.137. The van der Waals surface area contributed by atoms with Crippen LogP contribution in [0.25, 0.3) is 71.0 Å². The van der Waals surface area contributed by atoms with Gasteiger partial charge in [0.05, 0.1) is 57.8 Å². The fourth-order valence-corrected chi connectivity index (χ4v) is 6.78.